The lowest BCUT2D eigenvalue weighted by Gasteiger charge is -2.23. The first-order valence-electron chi connectivity index (χ1n) is 5.92. The minimum absolute atomic E-state index is 0.0229. The van der Waals surface area contributed by atoms with Crippen LogP contribution in [0.2, 0.25) is 0 Å². The summed E-state index contributed by atoms with van der Waals surface area (Å²) < 4.78 is 5.96. The lowest BCUT2D eigenvalue weighted by Crippen LogP contribution is -2.24. The zero-order chi connectivity index (χ0) is 9.93. The van der Waals surface area contributed by atoms with E-state index in [2.05, 4.69) is 17.1 Å². The average Bonchev–Trinajstić information content (AvgIpc) is 3.18. The van der Waals surface area contributed by atoms with Gasteiger partial charge < -0.3 is 4.74 Å². The van der Waals surface area contributed by atoms with Crippen LogP contribution in [0, 0.1) is 5.41 Å². The van der Waals surface area contributed by atoms with Gasteiger partial charge in [-0.1, -0.05) is 6.07 Å². The number of ether oxygens (including phenoxy) is 1. The highest BCUT2D eigenvalue weighted by Crippen LogP contribution is 2.66. The molecule has 0 radical (unpaired) electrons. The maximum Gasteiger partial charge on any atom is 0.136 e. The summed E-state index contributed by atoms with van der Waals surface area (Å²) in [6, 6.07) is 6.16. The molecule has 1 aromatic heterocycles. The fourth-order valence-corrected chi connectivity index (χ4v) is 3.19. The van der Waals surface area contributed by atoms with Crippen molar-refractivity contribution in [1.82, 2.24) is 4.98 Å². The van der Waals surface area contributed by atoms with Crippen molar-refractivity contribution in [2.24, 2.45) is 5.41 Å². The molecule has 2 aliphatic carbocycles. The van der Waals surface area contributed by atoms with E-state index in [4.69, 9.17) is 4.74 Å². The van der Waals surface area contributed by atoms with Gasteiger partial charge in [-0.2, -0.15) is 0 Å². The molecular weight excluding hydrogens is 186 g/mol. The summed E-state index contributed by atoms with van der Waals surface area (Å²) in [7, 11) is 0. The Bertz CT molecular complexity index is 398. The number of hydrogen-bond acceptors (Lipinski definition) is 2. The Balaban J connectivity index is 1.64. The quantitative estimate of drug-likeness (QED) is 0.653. The second-order valence-electron chi connectivity index (χ2n) is 5.42. The number of hydrogen-bond donors (Lipinski definition) is 0. The van der Waals surface area contributed by atoms with Crippen molar-refractivity contribution < 1.29 is 4.74 Å². The minimum atomic E-state index is 0.0229. The van der Waals surface area contributed by atoms with Crippen molar-refractivity contribution >= 4 is 0 Å². The number of nitrogens with zero attached hydrogens (tertiary/aromatic N) is 1. The van der Waals surface area contributed by atoms with Crippen molar-refractivity contribution in [1.29, 1.82) is 0 Å². The first-order valence-corrected chi connectivity index (χ1v) is 5.92. The number of rotatable bonds is 1. The summed E-state index contributed by atoms with van der Waals surface area (Å²) in [5, 5.41) is 0. The van der Waals surface area contributed by atoms with E-state index in [0.717, 1.165) is 5.69 Å². The molecule has 1 saturated heterocycles. The van der Waals surface area contributed by atoms with E-state index in [1.54, 1.807) is 0 Å². The Morgan fingerprint density at radius 2 is 2.07 bits per heavy atom. The summed E-state index contributed by atoms with van der Waals surface area (Å²) in [5.41, 5.74) is 1.87. The van der Waals surface area contributed by atoms with Gasteiger partial charge in [-0.05, 0) is 49.7 Å². The molecule has 0 amide bonds. The van der Waals surface area contributed by atoms with E-state index in [1.165, 1.54) is 32.1 Å². The largest absolute Gasteiger partial charge is 0.359 e. The number of epoxide rings is 1. The Morgan fingerprint density at radius 1 is 1.20 bits per heavy atom. The lowest BCUT2D eigenvalue weighted by molar-refractivity contribution is 0.275. The molecule has 3 fully saturated rings. The zero-order valence-corrected chi connectivity index (χ0v) is 8.78. The summed E-state index contributed by atoms with van der Waals surface area (Å²) in [6.07, 6.45) is 9.04. The Kier molecular flexibility index (Phi) is 1.34. The van der Waals surface area contributed by atoms with Gasteiger partial charge in [0.2, 0.25) is 0 Å². The molecule has 78 valence electrons. The van der Waals surface area contributed by atoms with Crippen LogP contribution >= 0.6 is 0 Å². The molecule has 4 rings (SSSR count). The normalized spacial score (nSPS) is 39.9. The summed E-state index contributed by atoms with van der Waals surface area (Å²) in [4.78, 5) is 4.46. The molecule has 0 N–H and O–H groups in total. The van der Waals surface area contributed by atoms with E-state index in [9.17, 15) is 0 Å². The first-order chi connectivity index (χ1) is 7.33. The predicted molar refractivity (Wildman–Crippen MR) is 56.3 cm³/mol. The van der Waals surface area contributed by atoms with E-state index in [-0.39, 0.29) is 5.60 Å². The summed E-state index contributed by atoms with van der Waals surface area (Å²) >= 11 is 0. The Hall–Kier alpha value is -0.890. The van der Waals surface area contributed by atoms with Gasteiger partial charge >= 0.3 is 0 Å². The maximum absolute atomic E-state index is 5.96. The van der Waals surface area contributed by atoms with Crippen LogP contribution in [-0.4, -0.2) is 11.1 Å². The average molecular weight is 201 g/mol. The molecule has 2 unspecified atom stereocenters. The van der Waals surface area contributed by atoms with Gasteiger partial charge in [-0.3, -0.25) is 4.98 Å². The van der Waals surface area contributed by atoms with Gasteiger partial charge in [0.15, 0.2) is 0 Å². The first kappa shape index (κ1) is 8.28. The fraction of sp³-hybridized carbons (Fsp3) is 0.615. The van der Waals surface area contributed by atoms with Crippen LogP contribution in [-0.2, 0) is 10.3 Å². The Labute approximate surface area is 89.7 Å². The zero-order valence-electron chi connectivity index (χ0n) is 8.78. The van der Waals surface area contributed by atoms with Crippen LogP contribution < -0.4 is 0 Å². The minimum Gasteiger partial charge on any atom is -0.359 e. The molecule has 0 bridgehead atoms. The predicted octanol–water partition coefficient (Wildman–Crippen LogP) is 2.64. The highest BCUT2D eigenvalue weighted by atomic mass is 16.6. The topological polar surface area (TPSA) is 25.4 Å². The molecule has 2 saturated carbocycles. The molecule has 2 nitrogen and oxygen atoms in total. The van der Waals surface area contributed by atoms with Crippen molar-refractivity contribution in [2.45, 2.75) is 43.8 Å². The number of pyridine rings is 1. The molecule has 1 aliphatic heterocycles. The SMILES string of the molecule is c1ccc(C23CCC4(CC4)CC2O3)nc1. The van der Waals surface area contributed by atoms with Crippen LogP contribution in [0.3, 0.4) is 0 Å². The van der Waals surface area contributed by atoms with E-state index < -0.39 is 0 Å². The Morgan fingerprint density at radius 3 is 2.73 bits per heavy atom. The van der Waals surface area contributed by atoms with Crippen LogP contribution in [0.5, 0.6) is 0 Å². The number of fused-ring (bicyclic) bond motifs is 1. The van der Waals surface area contributed by atoms with Gasteiger partial charge in [0.1, 0.15) is 5.60 Å². The van der Waals surface area contributed by atoms with E-state index in [1.807, 2.05) is 12.3 Å². The van der Waals surface area contributed by atoms with Crippen molar-refractivity contribution in [2.75, 3.05) is 0 Å². The molecule has 1 spiro atoms. The smallest absolute Gasteiger partial charge is 0.136 e. The molecule has 2 heteroatoms. The molecule has 2 atom stereocenters. The maximum atomic E-state index is 5.96. The van der Waals surface area contributed by atoms with E-state index >= 15 is 0 Å². The van der Waals surface area contributed by atoms with Crippen LogP contribution in [0.4, 0.5) is 0 Å². The molecule has 3 aliphatic rings. The van der Waals surface area contributed by atoms with Gasteiger partial charge in [0.05, 0.1) is 11.8 Å². The molecule has 1 aromatic rings. The molecule has 0 aromatic carbocycles. The molecular formula is C13H15NO. The van der Waals surface area contributed by atoms with Crippen molar-refractivity contribution in [3.63, 3.8) is 0 Å². The van der Waals surface area contributed by atoms with Gasteiger partial charge in [-0.25, -0.2) is 0 Å². The van der Waals surface area contributed by atoms with Crippen LogP contribution in [0.25, 0.3) is 0 Å². The second-order valence-corrected chi connectivity index (χ2v) is 5.42. The lowest BCUT2D eigenvalue weighted by atomic mass is 9.78. The second kappa shape index (κ2) is 2.43. The molecule has 2 heterocycles. The monoisotopic (exact) mass is 201 g/mol. The number of aromatic nitrogens is 1. The highest BCUT2D eigenvalue weighted by Gasteiger charge is 2.66. The van der Waals surface area contributed by atoms with Gasteiger partial charge in [0, 0.05) is 6.20 Å². The summed E-state index contributed by atoms with van der Waals surface area (Å²) in [5.74, 6) is 0. The van der Waals surface area contributed by atoms with Crippen molar-refractivity contribution in [3.8, 4) is 0 Å². The summed E-state index contributed by atoms with van der Waals surface area (Å²) in [6.45, 7) is 0. The highest BCUT2D eigenvalue weighted by molar-refractivity contribution is 5.26. The third-order valence-corrected chi connectivity index (χ3v) is 4.52. The van der Waals surface area contributed by atoms with Crippen molar-refractivity contribution in [3.05, 3.63) is 30.1 Å². The van der Waals surface area contributed by atoms with E-state index in [0.29, 0.717) is 11.5 Å². The standard InChI is InChI=1S/C13H15NO/c1-2-8-14-10(3-1)13-7-6-12(4-5-12)9-11(13)15-13/h1-3,8,11H,4-7,9H2. The van der Waals surface area contributed by atoms with Gasteiger partial charge in [0.25, 0.3) is 0 Å². The third kappa shape index (κ3) is 1.06. The third-order valence-electron chi connectivity index (χ3n) is 4.52. The molecule has 15 heavy (non-hydrogen) atoms. The fourth-order valence-electron chi connectivity index (χ4n) is 3.19. The van der Waals surface area contributed by atoms with Crippen LogP contribution in [0.1, 0.15) is 37.8 Å². The van der Waals surface area contributed by atoms with Gasteiger partial charge in [-0.15, -0.1) is 0 Å². The van der Waals surface area contributed by atoms with Crippen LogP contribution in [0.15, 0.2) is 24.4 Å².